The van der Waals surface area contributed by atoms with Crippen LogP contribution in [0.25, 0.3) is 0 Å². The molecule has 0 fully saturated rings. The molecule has 0 aliphatic carbocycles. The number of hydrogen-bond acceptors (Lipinski definition) is 3. The van der Waals surface area contributed by atoms with Gasteiger partial charge in [-0.1, -0.05) is 0 Å². The van der Waals surface area contributed by atoms with Crippen LogP contribution in [0.1, 0.15) is 11.1 Å². The van der Waals surface area contributed by atoms with Crippen LogP contribution in [0.4, 0.5) is 0 Å². The number of benzene rings is 1. The van der Waals surface area contributed by atoms with Gasteiger partial charge < -0.3 is 0 Å². The van der Waals surface area contributed by atoms with E-state index in [2.05, 4.69) is 0 Å². The van der Waals surface area contributed by atoms with E-state index in [1.54, 1.807) is 13.0 Å². The monoisotopic (exact) mass is 243 g/mol. The van der Waals surface area contributed by atoms with Crippen molar-refractivity contribution in [1.82, 2.24) is 0 Å². The zero-order valence-electron chi connectivity index (χ0n) is 8.20. The number of sulfone groups is 1. The lowest BCUT2D eigenvalue weighted by Crippen LogP contribution is -2.09. The van der Waals surface area contributed by atoms with E-state index in [9.17, 15) is 8.42 Å². The van der Waals surface area contributed by atoms with Gasteiger partial charge >= 0.3 is 0 Å². The molecule has 1 aromatic rings. The third-order valence-electron chi connectivity index (χ3n) is 1.98. The molecule has 0 aliphatic rings. The van der Waals surface area contributed by atoms with E-state index in [4.69, 9.17) is 16.9 Å². The highest BCUT2D eigenvalue weighted by molar-refractivity contribution is 7.91. The van der Waals surface area contributed by atoms with E-state index in [1.807, 2.05) is 6.07 Å². The number of aryl methyl sites for hydroxylation is 1. The van der Waals surface area contributed by atoms with Gasteiger partial charge in [0.15, 0.2) is 9.84 Å². The minimum absolute atomic E-state index is 0.0712. The lowest BCUT2D eigenvalue weighted by molar-refractivity contribution is 0.597. The third kappa shape index (κ3) is 2.71. The first-order chi connectivity index (χ1) is 7.01. The second kappa shape index (κ2) is 4.65. The number of halogens is 1. The van der Waals surface area contributed by atoms with Gasteiger partial charge in [0.25, 0.3) is 0 Å². The summed E-state index contributed by atoms with van der Waals surface area (Å²) in [5, 5.41) is 8.64. The molecule has 0 N–H and O–H groups in total. The van der Waals surface area contributed by atoms with E-state index in [0.717, 1.165) is 0 Å². The second-order valence-corrected chi connectivity index (χ2v) is 5.56. The van der Waals surface area contributed by atoms with Gasteiger partial charge in [-0.25, -0.2) is 8.42 Å². The van der Waals surface area contributed by atoms with Crippen molar-refractivity contribution < 1.29 is 8.42 Å². The average Bonchev–Trinajstić information content (AvgIpc) is 2.17. The van der Waals surface area contributed by atoms with Crippen molar-refractivity contribution in [2.24, 2.45) is 0 Å². The third-order valence-corrected chi connectivity index (χ3v) is 4.27. The summed E-state index contributed by atoms with van der Waals surface area (Å²) in [5.41, 5.74) is 1.04. The molecule has 0 amide bonds. The summed E-state index contributed by atoms with van der Waals surface area (Å²) in [6.07, 6.45) is 0. The molecule has 80 valence electrons. The van der Waals surface area contributed by atoms with Crippen molar-refractivity contribution in [2.45, 2.75) is 11.8 Å². The molecule has 0 radical (unpaired) electrons. The first-order valence-electron chi connectivity index (χ1n) is 4.31. The van der Waals surface area contributed by atoms with Gasteiger partial charge in [0.1, 0.15) is 0 Å². The van der Waals surface area contributed by atoms with Crippen LogP contribution in [0.5, 0.6) is 0 Å². The minimum Gasteiger partial charge on any atom is -0.224 e. The van der Waals surface area contributed by atoms with Crippen molar-refractivity contribution in [1.29, 1.82) is 5.26 Å². The summed E-state index contributed by atoms with van der Waals surface area (Å²) in [6.45, 7) is 1.67. The Kier molecular flexibility index (Phi) is 3.72. The van der Waals surface area contributed by atoms with Crippen LogP contribution in [-0.2, 0) is 9.84 Å². The largest absolute Gasteiger partial charge is 0.224 e. The molecule has 5 heteroatoms. The normalized spacial score (nSPS) is 11.0. The van der Waals surface area contributed by atoms with Crippen LogP contribution in [-0.4, -0.2) is 20.1 Å². The number of nitrogens with zero attached hydrogens (tertiary/aromatic N) is 1. The predicted molar refractivity (Wildman–Crippen MR) is 58.7 cm³/mol. The highest BCUT2D eigenvalue weighted by atomic mass is 35.5. The molecule has 15 heavy (non-hydrogen) atoms. The van der Waals surface area contributed by atoms with E-state index in [0.29, 0.717) is 11.1 Å². The Bertz CT molecular complexity index is 503. The zero-order chi connectivity index (χ0) is 11.5. The van der Waals surface area contributed by atoms with Crippen LogP contribution in [0, 0.1) is 18.3 Å². The molecular weight excluding hydrogens is 234 g/mol. The van der Waals surface area contributed by atoms with Gasteiger partial charge in [-0.15, -0.1) is 11.6 Å². The van der Waals surface area contributed by atoms with E-state index < -0.39 is 9.84 Å². The Morgan fingerprint density at radius 2 is 2.13 bits per heavy atom. The maximum atomic E-state index is 11.7. The molecule has 0 aliphatic heterocycles. The maximum Gasteiger partial charge on any atom is 0.179 e. The van der Waals surface area contributed by atoms with Gasteiger partial charge in [0.05, 0.1) is 22.3 Å². The summed E-state index contributed by atoms with van der Waals surface area (Å²) in [6, 6.07) is 6.46. The fourth-order valence-corrected chi connectivity index (χ4v) is 3.14. The molecule has 0 spiro atoms. The minimum atomic E-state index is -3.31. The Balaban J connectivity index is 3.24. The first kappa shape index (κ1) is 12.0. The summed E-state index contributed by atoms with van der Waals surface area (Å²) in [4.78, 5) is 0.252. The summed E-state index contributed by atoms with van der Waals surface area (Å²) in [7, 11) is -3.31. The molecule has 0 aromatic heterocycles. The molecule has 0 unspecified atom stereocenters. The summed E-state index contributed by atoms with van der Waals surface area (Å²) >= 11 is 5.42. The van der Waals surface area contributed by atoms with Gasteiger partial charge in [-0.2, -0.15) is 5.26 Å². The van der Waals surface area contributed by atoms with Gasteiger partial charge in [-0.3, -0.25) is 0 Å². The van der Waals surface area contributed by atoms with E-state index in [1.165, 1.54) is 12.1 Å². The molecule has 1 rings (SSSR count). The van der Waals surface area contributed by atoms with Crippen LogP contribution in [0.2, 0.25) is 0 Å². The molecule has 1 aromatic carbocycles. The maximum absolute atomic E-state index is 11.7. The smallest absolute Gasteiger partial charge is 0.179 e. The SMILES string of the molecule is Cc1cc(C#N)ccc1S(=O)(=O)CCCl. The van der Waals surface area contributed by atoms with Crippen molar-refractivity contribution in [2.75, 3.05) is 11.6 Å². The molecule has 0 bridgehead atoms. The number of hydrogen-bond donors (Lipinski definition) is 0. The Hall–Kier alpha value is -1.05. The van der Waals surface area contributed by atoms with E-state index in [-0.39, 0.29) is 16.5 Å². The molecule has 0 saturated carbocycles. The number of rotatable bonds is 3. The Morgan fingerprint density at radius 3 is 2.60 bits per heavy atom. The highest BCUT2D eigenvalue weighted by Crippen LogP contribution is 2.18. The van der Waals surface area contributed by atoms with Crippen LogP contribution in [0.3, 0.4) is 0 Å². The van der Waals surface area contributed by atoms with Gasteiger partial charge in [-0.05, 0) is 30.7 Å². The fraction of sp³-hybridized carbons (Fsp3) is 0.300. The standard InChI is InChI=1S/C10H10ClNO2S/c1-8-6-9(7-12)2-3-10(8)15(13,14)5-4-11/h2-3,6H,4-5H2,1H3. The van der Waals surface area contributed by atoms with Gasteiger partial charge in [0, 0.05) is 5.88 Å². The predicted octanol–water partition coefficient (Wildman–Crippen LogP) is 1.88. The summed E-state index contributed by atoms with van der Waals surface area (Å²) in [5.74, 6) is -0.0108. The average molecular weight is 244 g/mol. The lowest BCUT2D eigenvalue weighted by Gasteiger charge is -2.05. The lowest BCUT2D eigenvalue weighted by atomic mass is 10.2. The van der Waals surface area contributed by atoms with Gasteiger partial charge in [0.2, 0.25) is 0 Å². The highest BCUT2D eigenvalue weighted by Gasteiger charge is 2.16. The van der Waals surface area contributed by atoms with E-state index >= 15 is 0 Å². The number of nitriles is 1. The molecular formula is C10H10ClNO2S. The quantitative estimate of drug-likeness (QED) is 0.762. The number of alkyl halides is 1. The van der Waals surface area contributed by atoms with Crippen LogP contribution in [0.15, 0.2) is 23.1 Å². The second-order valence-electron chi connectivity index (χ2n) is 3.10. The van der Waals surface area contributed by atoms with Crippen molar-refractivity contribution in [3.63, 3.8) is 0 Å². The van der Waals surface area contributed by atoms with Crippen molar-refractivity contribution >= 4 is 21.4 Å². The Labute approximate surface area is 94.2 Å². The molecule has 0 saturated heterocycles. The topological polar surface area (TPSA) is 57.9 Å². The van der Waals surface area contributed by atoms with Crippen molar-refractivity contribution in [3.8, 4) is 6.07 Å². The first-order valence-corrected chi connectivity index (χ1v) is 6.49. The van der Waals surface area contributed by atoms with Crippen LogP contribution >= 0.6 is 11.6 Å². The van der Waals surface area contributed by atoms with Crippen molar-refractivity contribution in [3.05, 3.63) is 29.3 Å². The Morgan fingerprint density at radius 1 is 1.47 bits per heavy atom. The van der Waals surface area contributed by atoms with Crippen LogP contribution < -0.4 is 0 Å². The molecule has 0 atom stereocenters. The molecule has 3 nitrogen and oxygen atoms in total. The molecule has 0 heterocycles. The zero-order valence-corrected chi connectivity index (χ0v) is 9.77. The fourth-order valence-electron chi connectivity index (χ4n) is 1.28. The summed E-state index contributed by atoms with van der Waals surface area (Å²) < 4.78 is 23.4.